The van der Waals surface area contributed by atoms with Gasteiger partial charge in [0.1, 0.15) is 5.82 Å². The highest BCUT2D eigenvalue weighted by atomic mass is 35.5. The first kappa shape index (κ1) is 15.6. The molecule has 2 N–H and O–H groups in total. The van der Waals surface area contributed by atoms with Crippen LogP contribution in [0.5, 0.6) is 0 Å². The molecule has 21 heavy (non-hydrogen) atoms. The summed E-state index contributed by atoms with van der Waals surface area (Å²) in [5, 5.41) is 13.3. The van der Waals surface area contributed by atoms with Crippen molar-refractivity contribution >= 4 is 35.0 Å². The van der Waals surface area contributed by atoms with Gasteiger partial charge in [0.2, 0.25) is 0 Å². The van der Waals surface area contributed by atoms with Crippen molar-refractivity contribution in [2.45, 2.75) is 19.9 Å². The van der Waals surface area contributed by atoms with Gasteiger partial charge in [-0.3, -0.25) is 0 Å². The minimum absolute atomic E-state index is 0.134. The summed E-state index contributed by atoms with van der Waals surface area (Å²) in [5.74, 6) is -0.494. The van der Waals surface area contributed by atoms with Crippen LogP contribution in [0.3, 0.4) is 0 Å². The van der Waals surface area contributed by atoms with E-state index in [0.717, 1.165) is 5.56 Å². The number of hydrogen-bond acceptors (Lipinski definition) is 3. The van der Waals surface area contributed by atoms with E-state index in [1.165, 1.54) is 12.1 Å². The molecular formula is C15H14Cl2N2O2. The molecule has 6 heteroatoms. The van der Waals surface area contributed by atoms with Crippen LogP contribution in [0, 0.1) is 6.92 Å². The summed E-state index contributed by atoms with van der Waals surface area (Å²) in [7, 11) is 0. The molecule has 110 valence electrons. The SMILES string of the molecule is Cc1cc(C(=O)O)cc(NC(C)c2ccc(Cl)cc2Cl)n1. The molecule has 0 bridgehead atoms. The Balaban J connectivity index is 2.27. The third-order valence-electron chi connectivity index (χ3n) is 2.99. The largest absolute Gasteiger partial charge is 0.478 e. The highest BCUT2D eigenvalue weighted by molar-refractivity contribution is 6.35. The Labute approximate surface area is 132 Å². The van der Waals surface area contributed by atoms with Gasteiger partial charge in [0.05, 0.1) is 11.6 Å². The Kier molecular flexibility index (Phi) is 4.70. The zero-order valence-electron chi connectivity index (χ0n) is 11.5. The number of carbonyl (C=O) groups is 1. The number of nitrogens with one attached hydrogen (secondary N) is 1. The number of aromatic nitrogens is 1. The Morgan fingerprint density at radius 1 is 1.29 bits per heavy atom. The van der Waals surface area contributed by atoms with Crippen molar-refractivity contribution in [2.24, 2.45) is 0 Å². The van der Waals surface area contributed by atoms with Gasteiger partial charge in [0.15, 0.2) is 0 Å². The fourth-order valence-electron chi connectivity index (χ4n) is 2.02. The smallest absolute Gasteiger partial charge is 0.335 e. The number of benzene rings is 1. The molecule has 4 nitrogen and oxygen atoms in total. The molecular weight excluding hydrogens is 311 g/mol. The van der Waals surface area contributed by atoms with Gasteiger partial charge in [0.25, 0.3) is 0 Å². The molecule has 0 aliphatic rings. The quantitative estimate of drug-likeness (QED) is 0.864. The van der Waals surface area contributed by atoms with Crippen LogP contribution in [0.4, 0.5) is 5.82 Å². The van der Waals surface area contributed by atoms with E-state index in [1.54, 1.807) is 19.1 Å². The van der Waals surface area contributed by atoms with Gasteiger partial charge in [0, 0.05) is 15.7 Å². The second-order valence-electron chi connectivity index (χ2n) is 4.72. The van der Waals surface area contributed by atoms with Gasteiger partial charge >= 0.3 is 5.97 Å². The van der Waals surface area contributed by atoms with Gasteiger partial charge in [-0.2, -0.15) is 0 Å². The van der Waals surface area contributed by atoms with Crippen molar-refractivity contribution in [3.8, 4) is 0 Å². The maximum atomic E-state index is 11.1. The molecule has 1 aromatic heterocycles. The number of pyridine rings is 1. The van der Waals surface area contributed by atoms with Crippen molar-refractivity contribution in [1.29, 1.82) is 0 Å². The van der Waals surface area contributed by atoms with Gasteiger partial charge in [-0.25, -0.2) is 9.78 Å². The predicted molar refractivity (Wildman–Crippen MR) is 84.4 cm³/mol. The molecule has 1 unspecified atom stereocenters. The molecule has 0 aliphatic heterocycles. The van der Waals surface area contributed by atoms with E-state index < -0.39 is 5.97 Å². The number of rotatable bonds is 4. The van der Waals surface area contributed by atoms with Gasteiger partial charge in [-0.1, -0.05) is 29.3 Å². The number of aryl methyl sites for hydroxylation is 1. The summed E-state index contributed by atoms with van der Waals surface area (Å²) >= 11 is 12.0. The lowest BCUT2D eigenvalue weighted by atomic mass is 10.1. The van der Waals surface area contributed by atoms with E-state index in [9.17, 15) is 4.79 Å². The summed E-state index contributed by atoms with van der Waals surface area (Å²) < 4.78 is 0. The van der Waals surface area contributed by atoms with E-state index in [-0.39, 0.29) is 11.6 Å². The molecule has 1 heterocycles. The molecule has 0 saturated heterocycles. The Hall–Kier alpha value is -1.78. The molecule has 0 spiro atoms. The first-order valence-corrected chi connectivity index (χ1v) is 7.06. The fraction of sp³-hybridized carbons (Fsp3) is 0.200. The van der Waals surface area contributed by atoms with E-state index in [0.29, 0.717) is 21.6 Å². The molecule has 0 aliphatic carbocycles. The number of aromatic carboxylic acids is 1. The van der Waals surface area contributed by atoms with Gasteiger partial charge in [-0.15, -0.1) is 0 Å². The summed E-state index contributed by atoms with van der Waals surface area (Å²) in [6.07, 6.45) is 0. The standard InChI is InChI=1S/C15H14Cl2N2O2/c1-8-5-10(15(20)21)6-14(18-8)19-9(2)12-4-3-11(16)7-13(12)17/h3-7,9H,1-2H3,(H,18,19)(H,20,21). The van der Waals surface area contributed by atoms with E-state index in [2.05, 4.69) is 10.3 Å². The molecule has 0 radical (unpaired) electrons. The molecule has 1 atom stereocenters. The Bertz CT molecular complexity index is 689. The fourth-order valence-corrected chi connectivity index (χ4v) is 2.59. The summed E-state index contributed by atoms with van der Waals surface area (Å²) in [5.41, 5.74) is 1.69. The number of hydrogen-bond donors (Lipinski definition) is 2. The topological polar surface area (TPSA) is 62.2 Å². The van der Waals surface area contributed by atoms with Crippen LogP contribution in [-0.4, -0.2) is 16.1 Å². The molecule has 2 rings (SSSR count). The molecule has 2 aromatic rings. The summed E-state index contributed by atoms with van der Waals surface area (Å²) in [6.45, 7) is 3.66. The van der Waals surface area contributed by atoms with Crippen LogP contribution in [0.25, 0.3) is 0 Å². The summed E-state index contributed by atoms with van der Waals surface area (Å²) in [6, 6.07) is 8.14. The first-order valence-electron chi connectivity index (χ1n) is 6.30. The van der Waals surface area contributed by atoms with Crippen molar-refractivity contribution in [3.05, 3.63) is 57.2 Å². The van der Waals surface area contributed by atoms with Crippen LogP contribution < -0.4 is 5.32 Å². The zero-order valence-corrected chi connectivity index (χ0v) is 13.0. The highest BCUT2D eigenvalue weighted by Gasteiger charge is 2.12. The zero-order chi connectivity index (χ0) is 15.6. The second kappa shape index (κ2) is 6.33. The maximum absolute atomic E-state index is 11.1. The minimum Gasteiger partial charge on any atom is -0.478 e. The van der Waals surface area contributed by atoms with Gasteiger partial charge < -0.3 is 10.4 Å². The summed E-state index contributed by atoms with van der Waals surface area (Å²) in [4.78, 5) is 15.3. The lowest BCUT2D eigenvalue weighted by Crippen LogP contribution is -2.10. The van der Waals surface area contributed by atoms with Crippen molar-refractivity contribution in [3.63, 3.8) is 0 Å². The van der Waals surface area contributed by atoms with Crippen LogP contribution in [0.2, 0.25) is 10.0 Å². The lowest BCUT2D eigenvalue weighted by molar-refractivity contribution is 0.0696. The third-order valence-corrected chi connectivity index (χ3v) is 3.56. The van der Waals surface area contributed by atoms with E-state index in [4.69, 9.17) is 28.3 Å². The van der Waals surface area contributed by atoms with Crippen LogP contribution in [0.15, 0.2) is 30.3 Å². The second-order valence-corrected chi connectivity index (χ2v) is 5.56. The van der Waals surface area contributed by atoms with Crippen LogP contribution in [-0.2, 0) is 0 Å². The minimum atomic E-state index is -0.985. The first-order chi connectivity index (χ1) is 9.86. The molecule has 0 amide bonds. The van der Waals surface area contributed by atoms with Crippen molar-refractivity contribution in [2.75, 3.05) is 5.32 Å². The average molecular weight is 325 g/mol. The van der Waals surface area contributed by atoms with Crippen LogP contribution >= 0.6 is 23.2 Å². The Morgan fingerprint density at radius 2 is 2.00 bits per heavy atom. The van der Waals surface area contributed by atoms with E-state index in [1.807, 2.05) is 13.0 Å². The predicted octanol–water partition coefficient (Wildman–Crippen LogP) is 4.57. The molecule has 0 fully saturated rings. The maximum Gasteiger partial charge on any atom is 0.335 e. The normalized spacial score (nSPS) is 12.0. The number of carboxylic acids is 1. The number of nitrogens with zero attached hydrogens (tertiary/aromatic N) is 1. The Morgan fingerprint density at radius 3 is 2.62 bits per heavy atom. The van der Waals surface area contributed by atoms with Gasteiger partial charge in [-0.05, 0) is 43.7 Å². The number of carboxylic acid groups (broad SMARTS) is 1. The van der Waals surface area contributed by atoms with Crippen LogP contribution in [0.1, 0.15) is 34.6 Å². The van der Waals surface area contributed by atoms with Crippen molar-refractivity contribution < 1.29 is 9.90 Å². The van der Waals surface area contributed by atoms with E-state index >= 15 is 0 Å². The molecule has 1 aromatic carbocycles. The monoisotopic (exact) mass is 324 g/mol. The average Bonchev–Trinajstić information content (AvgIpc) is 2.37. The molecule has 0 saturated carbocycles. The number of halogens is 2. The highest BCUT2D eigenvalue weighted by Crippen LogP contribution is 2.28. The number of anilines is 1. The lowest BCUT2D eigenvalue weighted by Gasteiger charge is -2.17. The third kappa shape index (κ3) is 3.86. The van der Waals surface area contributed by atoms with Crippen molar-refractivity contribution in [1.82, 2.24) is 4.98 Å².